The molecule has 4 nitrogen and oxygen atoms in total. The summed E-state index contributed by atoms with van der Waals surface area (Å²) in [5, 5.41) is 5.63. The Hall–Kier alpha value is -1.92. The summed E-state index contributed by atoms with van der Waals surface area (Å²) >= 11 is 0. The maximum absolute atomic E-state index is 12.2. The Morgan fingerprint density at radius 3 is 2.35 bits per heavy atom. The first-order chi connectivity index (χ1) is 10.6. The number of para-hydroxylation sites is 1. The van der Waals surface area contributed by atoms with Gasteiger partial charge in [-0.1, -0.05) is 18.2 Å². The van der Waals surface area contributed by atoms with Gasteiger partial charge in [0.2, 0.25) is 0 Å². The second-order valence-electron chi connectivity index (χ2n) is 6.04. The number of ether oxygens (including phenoxy) is 1. The molecule has 0 aromatic heterocycles. The Balaban J connectivity index is 2.59. The summed E-state index contributed by atoms with van der Waals surface area (Å²) in [6.45, 7) is 6.04. The number of nitrogens with one attached hydrogen (secondary N) is 2. The summed E-state index contributed by atoms with van der Waals surface area (Å²) in [4.78, 5) is 3.91. The van der Waals surface area contributed by atoms with Crippen molar-refractivity contribution >= 4 is 5.96 Å². The van der Waals surface area contributed by atoms with Crippen molar-refractivity contribution in [3.8, 4) is 5.75 Å². The lowest BCUT2D eigenvalue weighted by atomic mass is 10.1. The molecule has 1 rings (SSSR count). The Bertz CT molecular complexity index is 522. The topological polar surface area (TPSA) is 45.7 Å². The number of halogens is 3. The molecule has 0 saturated carbocycles. The molecule has 0 aliphatic rings. The van der Waals surface area contributed by atoms with Gasteiger partial charge in [0.1, 0.15) is 11.4 Å². The van der Waals surface area contributed by atoms with Crippen molar-refractivity contribution in [1.82, 2.24) is 10.6 Å². The second kappa shape index (κ2) is 8.08. The highest BCUT2D eigenvalue weighted by Crippen LogP contribution is 2.22. The molecule has 0 radical (unpaired) electrons. The second-order valence-corrected chi connectivity index (χ2v) is 6.04. The van der Waals surface area contributed by atoms with E-state index in [0.717, 1.165) is 11.3 Å². The Kier molecular flexibility index (Phi) is 6.72. The lowest BCUT2D eigenvalue weighted by Gasteiger charge is -2.23. The Labute approximate surface area is 135 Å². The van der Waals surface area contributed by atoms with E-state index in [1.165, 1.54) is 7.05 Å². The molecule has 0 atom stereocenters. The third-order valence-electron chi connectivity index (χ3n) is 2.76. The molecular formula is C16H24F3N3O. The lowest BCUT2D eigenvalue weighted by molar-refractivity contribution is -0.132. The number of guanidine groups is 1. The summed E-state index contributed by atoms with van der Waals surface area (Å²) in [5.74, 6) is 1.05. The van der Waals surface area contributed by atoms with Crippen molar-refractivity contribution in [3.05, 3.63) is 29.8 Å². The van der Waals surface area contributed by atoms with Crippen LogP contribution in [0.15, 0.2) is 29.3 Å². The molecule has 0 bridgehead atoms. The minimum Gasteiger partial charge on any atom is -0.488 e. The summed E-state index contributed by atoms with van der Waals surface area (Å²) in [7, 11) is 1.51. The van der Waals surface area contributed by atoms with E-state index in [1.807, 2.05) is 45.0 Å². The van der Waals surface area contributed by atoms with Gasteiger partial charge >= 0.3 is 6.18 Å². The van der Waals surface area contributed by atoms with Crippen LogP contribution in [0.4, 0.5) is 13.2 Å². The van der Waals surface area contributed by atoms with Gasteiger partial charge in [0.25, 0.3) is 0 Å². The zero-order chi connectivity index (χ0) is 17.5. The van der Waals surface area contributed by atoms with E-state index in [-0.39, 0.29) is 12.1 Å². The third-order valence-corrected chi connectivity index (χ3v) is 2.76. The lowest BCUT2D eigenvalue weighted by Crippen LogP contribution is -2.38. The molecule has 7 heteroatoms. The number of aliphatic imine (C=N–C) groups is 1. The summed E-state index contributed by atoms with van der Waals surface area (Å²) < 4.78 is 42.3. The SMILES string of the molecule is CN=C(NCCC(F)(F)F)NCc1ccccc1OC(C)(C)C. The van der Waals surface area contributed by atoms with Gasteiger partial charge in [-0.05, 0) is 26.8 Å². The molecule has 0 saturated heterocycles. The number of alkyl halides is 3. The normalized spacial score (nSPS) is 12.9. The fourth-order valence-corrected chi connectivity index (χ4v) is 1.80. The molecular weight excluding hydrogens is 307 g/mol. The van der Waals surface area contributed by atoms with E-state index in [1.54, 1.807) is 0 Å². The fourth-order valence-electron chi connectivity index (χ4n) is 1.80. The molecule has 1 aromatic carbocycles. The zero-order valence-electron chi connectivity index (χ0n) is 13.9. The quantitative estimate of drug-likeness (QED) is 0.641. The monoisotopic (exact) mass is 331 g/mol. The molecule has 1 aromatic rings. The van der Waals surface area contributed by atoms with Crippen LogP contribution in [0.3, 0.4) is 0 Å². The van der Waals surface area contributed by atoms with Crippen LogP contribution in [0.5, 0.6) is 5.75 Å². The van der Waals surface area contributed by atoms with Crippen LogP contribution in [0, 0.1) is 0 Å². The largest absolute Gasteiger partial charge is 0.488 e. The zero-order valence-corrected chi connectivity index (χ0v) is 13.9. The van der Waals surface area contributed by atoms with E-state index in [4.69, 9.17) is 4.74 Å². The van der Waals surface area contributed by atoms with Crippen LogP contribution in [-0.4, -0.2) is 31.3 Å². The highest BCUT2D eigenvalue weighted by atomic mass is 19.4. The van der Waals surface area contributed by atoms with E-state index < -0.39 is 12.6 Å². The first-order valence-electron chi connectivity index (χ1n) is 7.39. The van der Waals surface area contributed by atoms with Crippen LogP contribution in [0.1, 0.15) is 32.8 Å². The van der Waals surface area contributed by atoms with Crippen molar-refractivity contribution in [2.75, 3.05) is 13.6 Å². The summed E-state index contributed by atoms with van der Waals surface area (Å²) in [6.07, 6.45) is -5.09. The highest BCUT2D eigenvalue weighted by molar-refractivity contribution is 5.79. The van der Waals surface area contributed by atoms with Gasteiger partial charge in [-0.2, -0.15) is 13.2 Å². The predicted molar refractivity (Wildman–Crippen MR) is 85.7 cm³/mol. The fraction of sp³-hybridized carbons (Fsp3) is 0.562. The van der Waals surface area contributed by atoms with E-state index in [2.05, 4.69) is 15.6 Å². The molecule has 0 heterocycles. The molecule has 0 unspecified atom stereocenters. The summed E-state index contributed by atoms with van der Waals surface area (Å²) in [6, 6.07) is 7.52. The van der Waals surface area contributed by atoms with Gasteiger partial charge in [-0.15, -0.1) is 0 Å². The average Bonchev–Trinajstić information content (AvgIpc) is 2.41. The van der Waals surface area contributed by atoms with E-state index in [0.29, 0.717) is 12.5 Å². The smallest absolute Gasteiger partial charge is 0.390 e. The first-order valence-corrected chi connectivity index (χ1v) is 7.39. The standard InChI is InChI=1S/C16H24F3N3O/c1-15(2,3)23-13-8-6-5-7-12(13)11-22-14(20-4)21-10-9-16(17,18)19/h5-8H,9-11H2,1-4H3,(H2,20,21,22). The van der Waals surface area contributed by atoms with Crippen LogP contribution in [0.25, 0.3) is 0 Å². The number of hydrogen-bond acceptors (Lipinski definition) is 2. The molecule has 0 spiro atoms. The first kappa shape index (κ1) is 19.1. The molecule has 130 valence electrons. The number of hydrogen-bond donors (Lipinski definition) is 2. The molecule has 0 aliphatic carbocycles. The molecule has 23 heavy (non-hydrogen) atoms. The van der Waals surface area contributed by atoms with Gasteiger partial charge in [-0.25, -0.2) is 0 Å². The molecule has 2 N–H and O–H groups in total. The van der Waals surface area contributed by atoms with Crippen molar-refractivity contribution < 1.29 is 17.9 Å². The minimum absolute atomic E-state index is 0.219. The molecule has 0 amide bonds. The number of rotatable bonds is 5. The maximum atomic E-state index is 12.2. The third kappa shape index (κ3) is 8.32. The Morgan fingerprint density at radius 1 is 1.13 bits per heavy atom. The number of nitrogens with zero attached hydrogens (tertiary/aromatic N) is 1. The van der Waals surface area contributed by atoms with Gasteiger partial charge in [-0.3, -0.25) is 4.99 Å². The average molecular weight is 331 g/mol. The van der Waals surface area contributed by atoms with Gasteiger partial charge in [0, 0.05) is 25.7 Å². The molecule has 0 aliphatic heterocycles. The van der Waals surface area contributed by atoms with Crippen LogP contribution in [0.2, 0.25) is 0 Å². The van der Waals surface area contributed by atoms with Gasteiger partial charge in [0.15, 0.2) is 5.96 Å². The van der Waals surface area contributed by atoms with Crippen LogP contribution >= 0.6 is 0 Å². The predicted octanol–water partition coefficient (Wildman–Crippen LogP) is 3.48. The van der Waals surface area contributed by atoms with Crippen molar-refractivity contribution in [2.45, 2.75) is 45.5 Å². The van der Waals surface area contributed by atoms with Crippen LogP contribution < -0.4 is 15.4 Å². The van der Waals surface area contributed by atoms with Gasteiger partial charge in [0.05, 0.1) is 6.42 Å². The number of benzene rings is 1. The van der Waals surface area contributed by atoms with Crippen molar-refractivity contribution in [3.63, 3.8) is 0 Å². The van der Waals surface area contributed by atoms with E-state index in [9.17, 15) is 13.2 Å². The van der Waals surface area contributed by atoms with Crippen molar-refractivity contribution in [1.29, 1.82) is 0 Å². The Morgan fingerprint density at radius 2 is 1.78 bits per heavy atom. The van der Waals surface area contributed by atoms with Crippen LogP contribution in [-0.2, 0) is 6.54 Å². The highest BCUT2D eigenvalue weighted by Gasteiger charge is 2.26. The molecule has 0 fully saturated rings. The van der Waals surface area contributed by atoms with Crippen molar-refractivity contribution in [2.24, 2.45) is 4.99 Å². The van der Waals surface area contributed by atoms with E-state index >= 15 is 0 Å². The maximum Gasteiger partial charge on any atom is 0.390 e. The summed E-state index contributed by atoms with van der Waals surface area (Å²) in [5.41, 5.74) is 0.573. The van der Waals surface area contributed by atoms with Gasteiger partial charge < -0.3 is 15.4 Å². The minimum atomic E-state index is -4.18.